The molecule has 0 amide bonds. The van der Waals surface area contributed by atoms with Gasteiger partial charge in [0.1, 0.15) is 0 Å². The van der Waals surface area contributed by atoms with E-state index in [-0.39, 0.29) is 33.5 Å². The first-order valence-electron chi connectivity index (χ1n) is 12.1. The average molecular weight is 431 g/mol. The summed E-state index contributed by atoms with van der Waals surface area (Å²) in [5, 5.41) is 0. The van der Waals surface area contributed by atoms with E-state index in [9.17, 15) is 4.79 Å². The summed E-state index contributed by atoms with van der Waals surface area (Å²) in [6.07, 6.45) is 6.65. The molecule has 0 unspecified atom stereocenters. The van der Waals surface area contributed by atoms with Crippen molar-refractivity contribution < 1.29 is 9.53 Å². The molecule has 0 spiro atoms. The van der Waals surface area contributed by atoms with Gasteiger partial charge in [-0.3, -0.25) is 4.79 Å². The largest absolute Gasteiger partial charge is 0.469 e. The van der Waals surface area contributed by atoms with Gasteiger partial charge in [0.25, 0.3) is 0 Å². The zero-order valence-electron chi connectivity index (χ0n) is 22.4. The molecular formula is C29H50O2. The first-order valence-corrected chi connectivity index (χ1v) is 12.1. The van der Waals surface area contributed by atoms with Crippen molar-refractivity contribution in [2.45, 2.75) is 113 Å². The molecule has 2 nitrogen and oxygen atoms in total. The van der Waals surface area contributed by atoms with Crippen molar-refractivity contribution >= 4 is 5.97 Å². The predicted octanol–water partition coefficient (Wildman–Crippen LogP) is 8.36. The molecule has 0 aromatic heterocycles. The molecule has 0 saturated carbocycles. The number of hydrogen-bond donors (Lipinski definition) is 0. The van der Waals surface area contributed by atoms with Crippen LogP contribution < -0.4 is 0 Å². The number of carbonyl (C=O) groups excluding carboxylic acids is 1. The summed E-state index contributed by atoms with van der Waals surface area (Å²) in [4.78, 5) is 12.2. The minimum atomic E-state index is -0.0658. The second kappa shape index (κ2) is 10.5. The smallest absolute Gasteiger partial charge is 0.309 e. The summed E-state index contributed by atoms with van der Waals surface area (Å²) in [5.41, 5.74) is 3.55. The van der Waals surface area contributed by atoms with Crippen LogP contribution in [-0.4, -0.2) is 13.1 Å². The third-order valence-corrected chi connectivity index (χ3v) is 6.86. The van der Waals surface area contributed by atoms with Crippen LogP contribution in [0.4, 0.5) is 0 Å². The van der Waals surface area contributed by atoms with Gasteiger partial charge in [0, 0.05) is 0 Å². The Hall–Kier alpha value is -1.31. The molecule has 0 radical (unpaired) electrons. The maximum Gasteiger partial charge on any atom is 0.309 e. The minimum Gasteiger partial charge on any atom is -0.469 e. The van der Waals surface area contributed by atoms with Crippen molar-refractivity contribution in [1.82, 2.24) is 0 Å². The molecule has 1 aromatic carbocycles. The molecule has 0 heterocycles. The molecule has 0 N–H and O–H groups in total. The van der Waals surface area contributed by atoms with Gasteiger partial charge in [0.2, 0.25) is 0 Å². The van der Waals surface area contributed by atoms with Crippen molar-refractivity contribution in [1.29, 1.82) is 0 Å². The van der Waals surface area contributed by atoms with Gasteiger partial charge < -0.3 is 4.74 Å². The first kappa shape index (κ1) is 27.7. The fourth-order valence-electron chi connectivity index (χ4n) is 4.40. The van der Waals surface area contributed by atoms with Gasteiger partial charge in [-0.15, -0.1) is 0 Å². The minimum absolute atomic E-state index is 0.0270. The molecule has 0 aliphatic heterocycles. The second-order valence-corrected chi connectivity index (χ2v) is 13.3. The maximum atomic E-state index is 12.2. The number of carbonyl (C=O) groups is 1. The fraction of sp³-hybridized carbons (Fsp3) is 0.759. The predicted molar refractivity (Wildman–Crippen MR) is 134 cm³/mol. The molecule has 0 aliphatic rings. The van der Waals surface area contributed by atoms with Gasteiger partial charge in [-0.05, 0) is 64.9 Å². The second-order valence-electron chi connectivity index (χ2n) is 13.3. The van der Waals surface area contributed by atoms with Crippen LogP contribution in [0.2, 0.25) is 0 Å². The van der Waals surface area contributed by atoms with Gasteiger partial charge in [0.05, 0.1) is 13.0 Å². The van der Waals surface area contributed by atoms with E-state index < -0.39 is 0 Å². The summed E-state index contributed by atoms with van der Waals surface area (Å²) in [5.74, 6) is -0.0928. The summed E-state index contributed by atoms with van der Waals surface area (Å²) in [6.45, 7) is 22.8. The van der Waals surface area contributed by atoms with Crippen LogP contribution in [-0.2, 0) is 21.4 Å². The van der Waals surface area contributed by atoms with Crippen LogP contribution in [0.25, 0.3) is 0 Å². The Kier molecular flexibility index (Phi) is 9.42. The number of benzene rings is 1. The quantitative estimate of drug-likeness (QED) is 0.348. The monoisotopic (exact) mass is 430 g/mol. The molecule has 2 heteroatoms. The van der Waals surface area contributed by atoms with E-state index in [1.165, 1.54) is 31.1 Å². The highest BCUT2D eigenvalue weighted by atomic mass is 16.5. The summed E-state index contributed by atoms with van der Waals surface area (Å²) in [6, 6.07) is 9.21. The Morgan fingerprint density at radius 3 is 1.77 bits per heavy atom. The Morgan fingerprint density at radius 2 is 1.32 bits per heavy atom. The Bertz CT molecular complexity index is 681. The molecule has 1 atom stereocenters. The van der Waals surface area contributed by atoms with E-state index in [1.54, 1.807) is 0 Å². The normalized spacial score (nSPS) is 14.4. The topological polar surface area (TPSA) is 26.3 Å². The number of hydrogen-bond acceptors (Lipinski definition) is 2. The molecule has 1 rings (SSSR count). The number of methoxy groups -OCH3 is 1. The molecule has 0 aliphatic carbocycles. The molecule has 0 fully saturated rings. The van der Waals surface area contributed by atoms with Gasteiger partial charge in [-0.25, -0.2) is 0 Å². The summed E-state index contributed by atoms with van der Waals surface area (Å²) in [7, 11) is 1.50. The molecule has 1 aromatic rings. The molecule has 178 valence electrons. The van der Waals surface area contributed by atoms with Crippen molar-refractivity contribution in [3.63, 3.8) is 0 Å². The maximum absolute atomic E-state index is 12.2. The lowest BCUT2D eigenvalue weighted by atomic mass is 9.72. The van der Waals surface area contributed by atoms with Gasteiger partial charge >= 0.3 is 5.97 Å². The highest BCUT2D eigenvalue weighted by molar-refractivity contribution is 5.73. The van der Waals surface area contributed by atoms with Crippen LogP contribution in [0.15, 0.2) is 24.3 Å². The lowest BCUT2D eigenvalue weighted by molar-refractivity contribution is -0.149. The molecule has 31 heavy (non-hydrogen) atoms. The SMILES string of the molecule is COC(=O)[C@H](CCCC(C)(C)CCC(C)(C)Cc1ccc(C(C)(C)C)cc1)C(C)(C)C. The molecular weight excluding hydrogens is 380 g/mol. The molecule has 0 saturated heterocycles. The van der Waals surface area contributed by atoms with E-state index in [0.29, 0.717) is 0 Å². The number of rotatable bonds is 10. The van der Waals surface area contributed by atoms with Crippen LogP contribution >= 0.6 is 0 Å². The van der Waals surface area contributed by atoms with E-state index in [2.05, 4.69) is 93.5 Å². The number of esters is 1. The van der Waals surface area contributed by atoms with Crippen molar-refractivity contribution in [3.05, 3.63) is 35.4 Å². The summed E-state index contributed by atoms with van der Waals surface area (Å²) >= 11 is 0. The zero-order chi connectivity index (χ0) is 24.1. The van der Waals surface area contributed by atoms with Crippen molar-refractivity contribution in [3.8, 4) is 0 Å². The van der Waals surface area contributed by atoms with E-state index in [0.717, 1.165) is 25.7 Å². The lowest BCUT2D eigenvalue weighted by Gasteiger charge is -2.33. The zero-order valence-corrected chi connectivity index (χ0v) is 22.4. The Morgan fingerprint density at radius 1 is 0.806 bits per heavy atom. The first-order chi connectivity index (χ1) is 14.0. The van der Waals surface area contributed by atoms with E-state index >= 15 is 0 Å². The van der Waals surface area contributed by atoms with Gasteiger partial charge in [-0.1, -0.05) is 99.9 Å². The Labute approximate surface area is 193 Å². The number of ether oxygens (including phenoxy) is 1. The third kappa shape index (κ3) is 9.79. The lowest BCUT2D eigenvalue weighted by Crippen LogP contribution is -2.30. The highest BCUT2D eigenvalue weighted by Gasteiger charge is 2.32. The van der Waals surface area contributed by atoms with E-state index in [1.807, 2.05) is 0 Å². The molecule has 0 bridgehead atoms. The fourth-order valence-corrected chi connectivity index (χ4v) is 4.40. The van der Waals surface area contributed by atoms with E-state index in [4.69, 9.17) is 4.74 Å². The van der Waals surface area contributed by atoms with Crippen molar-refractivity contribution in [2.75, 3.05) is 7.11 Å². The third-order valence-electron chi connectivity index (χ3n) is 6.86. The Balaban J connectivity index is 2.59. The van der Waals surface area contributed by atoms with Crippen LogP contribution in [0.1, 0.15) is 112 Å². The van der Waals surface area contributed by atoms with Crippen molar-refractivity contribution in [2.24, 2.45) is 22.2 Å². The van der Waals surface area contributed by atoms with Gasteiger partial charge in [-0.2, -0.15) is 0 Å². The standard InChI is InChI=1S/C29H50O2/c1-26(2,3)23-16-14-22(15-17-23)21-29(9,10)20-19-28(7,8)18-12-13-24(25(30)31-11)27(4,5)6/h14-17,24H,12-13,18-21H2,1-11H3/t24-/m0/s1. The average Bonchev–Trinajstić information content (AvgIpc) is 2.62. The highest BCUT2D eigenvalue weighted by Crippen LogP contribution is 2.38. The summed E-state index contributed by atoms with van der Waals surface area (Å²) < 4.78 is 5.06. The van der Waals surface area contributed by atoms with Crippen LogP contribution in [0.3, 0.4) is 0 Å². The van der Waals surface area contributed by atoms with Crippen LogP contribution in [0, 0.1) is 22.2 Å². The van der Waals surface area contributed by atoms with Gasteiger partial charge in [0.15, 0.2) is 0 Å². The van der Waals surface area contributed by atoms with Crippen LogP contribution in [0.5, 0.6) is 0 Å².